The Morgan fingerprint density at radius 2 is 2.12 bits per heavy atom. The average Bonchev–Trinajstić information content (AvgIpc) is 2.74. The van der Waals surface area contributed by atoms with E-state index in [1.165, 1.54) is 50.8 Å². The first kappa shape index (κ1) is 13.1. The molecule has 0 aromatic heterocycles. The van der Waals surface area contributed by atoms with E-state index in [-0.39, 0.29) is 0 Å². The van der Waals surface area contributed by atoms with Gasteiger partial charge in [0.2, 0.25) is 0 Å². The molecule has 2 fully saturated rings. The predicted octanol–water partition coefficient (Wildman–Crippen LogP) is 3.54. The molecule has 1 nitrogen and oxygen atoms in total. The lowest BCUT2D eigenvalue weighted by Gasteiger charge is -2.34. The Kier molecular flexibility index (Phi) is 4.92. The van der Waals surface area contributed by atoms with Gasteiger partial charge in [0.25, 0.3) is 0 Å². The maximum absolute atomic E-state index is 3.86. The third-order valence-electron chi connectivity index (χ3n) is 4.04. The van der Waals surface area contributed by atoms with Crippen LogP contribution in [-0.2, 0) is 0 Å². The van der Waals surface area contributed by atoms with Gasteiger partial charge in [0.15, 0.2) is 0 Å². The van der Waals surface area contributed by atoms with Crippen LogP contribution in [0.25, 0.3) is 0 Å². The lowest BCUT2D eigenvalue weighted by atomic mass is 9.94. The van der Waals surface area contributed by atoms with Gasteiger partial charge < -0.3 is 5.32 Å². The van der Waals surface area contributed by atoms with E-state index in [4.69, 9.17) is 0 Å². The Morgan fingerprint density at radius 1 is 1.31 bits per heavy atom. The van der Waals surface area contributed by atoms with Gasteiger partial charge in [-0.05, 0) is 44.6 Å². The second-order valence-corrected chi connectivity index (χ2v) is 8.21. The maximum Gasteiger partial charge on any atom is 0.0256 e. The zero-order valence-electron chi connectivity index (χ0n) is 10.6. The summed E-state index contributed by atoms with van der Waals surface area (Å²) in [5, 5.41) is 4.73. The van der Waals surface area contributed by atoms with Gasteiger partial charge in [0.1, 0.15) is 0 Å². The van der Waals surface area contributed by atoms with Crippen LogP contribution < -0.4 is 5.32 Å². The van der Waals surface area contributed by atoms with Gasteiger partial charge >= 0.3 is 0 Å². The van der Waals surface area contributed by atoms with Gasteiger partial charge in [-0.15, -0.1) is 0 Å². The van der Waals surface area contributed by atoms with Crippen molar-refractivity contribution < 1.29 is 0 Å². The minimum absolute atomic E-state index is 0.528. The van der Waals surface area contributed by atoms with Crippen molar-refractivity contribution in [3.05, 3.63) is 0 Å². The Hall–Kier alpha value is 0.660. The smallest absolute Gasteiger partial charge is 0.0256 e. The molecule has 1 saturated heterocycles. The van der Waals surface area contributed by atoms with E-state index in [9.17, 15) is 0 Å². The summed E-state index contributed by atoms with van der Waals surface area (Å²) in [5.74, 6) is 1.37. The zero-order valence-corrected chi connectivity index (χ0v) is 12.3. The normalized spacial score (nSPS) is 40.1. The van der Waals surface area contributed by atoms with Crippen molar-refractivity contribution in [3.8, 4) is 0 Å². The molecule has 16 heavy (non-hydrogen) atoms. The van der Waals surface area contributed by atoms with Gasteiger partial charge in [-0.1, -0.05) is 12.8 Å². The lowest BCUT2D eigenvalue weighted by molar-refractivity contribution is 0.368. The Labute approximate surface area is 109 Å². The highest BCUT2D eigenvalue weighted by molar-refractivity contribution is 8.00. The third-order valence-corrected chi connectivity index (χ3v) is 6.75. The molecule has 3 atom stereocenters. The summed E-state index contributed by atoms with van der Waals surface area (Å²) in [6, 6.07) is 0.779. The van der Waals surface area contributed by atoms with Crippen LogP contribution in [0.3, 0.4) is 0 Å². The van der Waals surface area contributed by atoms with Crippen LogP contribution in [0.1, 0.15) is 45.4 Å². The molecule has 3 unspecified atom stereocenters. The van der Waals surface area contributed by atoms with Crippen molar-refractivity contribution in [2.75, 3.05) is 18.6 Å². The molecule has 0 aromatic carbocycles. The number of hydrogen-bond acceptors (Lipinski definition) is 3. The first-order chi connectivity index (χ1) is 7.73. The van der Waals surface area contributed by atoms with Crippen LogP contribution in [-0.4, -0.2) is 34.6 Å². The van der Waals surface area contributed by atoms with Gasteiger partial charge in [-0.2, -0.15) is 23.5 Å². The monoisotopic (exact) mass is 259 g/mol. The molecule has 1 heterocycles. The van der Waals surface area contributed by atoms with E-state index in [1.807, 2.05) is 0 Å². The van der Waals surface area contributed by atoms with E-state index in [2.05, 4.69) is 42.0 Å². The standard InChI is InChI=1S/C13H25NS2/c1-13(8-5-9-16-13)10-14-11-6-3-4-7-12(11)15-2/h11-12,14H,3-10H2,1-2H3. The topological polar surface area (TPSA) is 12.0 Å². The van der Waals surface area contributed by atoms with Crippen LogP contribution in [0.5, 0.6) is 0 Å². The van der Waals surface area contributed by atoms with Crippen molar-refractivity contribution in [1.82, 2.24) is 5.32 Å². The first-order valence-corrected chi connectivity index (χ1v) is 8.91. The maximum atomic E-state index is 3.86. The van der Waals surface area contributed by atoms with E-state index in [0.29, 0.717) is 4.75 Å². The molecule has 1 saturated carbocycles. The molecule has 1 aliphatic carbocycles. The van der Waals surface area contributed by atoms with Gasteiger partial charge in [0.05, 0.1) is 0 Å². The summed E-state index contributed by atoms with van der Waals surface area (Å²) in [6.45, 7) is 3.66. The summed E-state index contributed by atoms with van der Waals surface area (Å²) in [6.07, 6.45) is 10.8. The molecule has 0 radical (unpaired) electrons. The van der Waals surface area contributed by atoms with Crippen molar-refractivity contribution >= 4 is 23.5 Å². The van der Waals surface area contributed by atoms with Crippen molar-refractivity contribution in [1.29, 1.82) is 0 Å². The highest BCUT2D eigenvalue weighted by Crippen LogP contribution is 2.37. The zero-order chi connectivity index (χ0) is 11.4. The van der Waals surface area contributed by atoms with Gasteiger partial charge in [0, 0.05) is 22.6 Å². The fraction of sp³-hybridized carbons (Fsp3) is 1.00. The molecule has 1 N–H and O–H groups in total. The number of hydrogen-bond donors (Lipinski definition) is 1. The molecule has 2 rings (SSSR count). The number of rotatable bonds is 4. The Morgan fingerprint density at radius 3 is 2.81 bits per heavy atom. The Balaban J connectivity index is 1.79. The Bertz CT molecular complexity index is 214. The molecule has 0 aromatic rings. The fourth-order valence-electron chi connectivity index (χ4n) is 2.94. The molecule has 3 heteroatoms. The molecule has 0 amide bonds. The number of thioether (sulfide) groups is 2. The minimum atomic E-state index is 0.528. The highest BCUT2D eigenvalue weighted by atomic mass is 32.2. The van der Waals surface area contributed by atoms with Crippen LogP contribution in [0.15, 0.2) is 0 Å². The summed E-state index contributed by atoms with van der Waals surface area (Å²) >= 11 is 4.24. The third kappa shape index (κ3) is 3.33. The average molecular weight is 259 g/mol. The second-order valence-electron chi connectivity index (χ2n) is 5.45. The second kappa shape index (κ2) is 6.01. The molecule has 0 bridgehead atoms. The summed E-state index contributed by atoms with van der Waals surface area (Å²) in [4.78, 5) is 0. The van der Waals surface area contributed by atoms with Crippen LogP contribution in [0.2, 0.25) is 0 Å². The van der Waals surface area contributed by atoms with Crippen molar-refractivity contribution in [2.24, 2.45) is 0 Å². The van der Waals surface area contributed by atoms with E-state index < -0.39 is 0 Å². The molecule has 1 aliphatic heterocycles. The molecular formula is C13H25NS2. The lowest BCUT2D eigenvalue weighted by Crippen LogP contribution is -2.45. The number of nitrogens with one attached hydrogen (secondary N) is 1. The van der Waals surface area contributed by atoms with Crippen LogP contribution in [0, 0.1) is 0 Å². The summed E-state index contributed by atoms with van der Waals surface area (Å²) in [7, 11) is 0. The van der Waals surface area contributed by atoms with Crippen molar-refractivity contribution in [3.63, 3.8) is 0 Å². The molecule has 2 aliphatic rings. The largest absolute Gasteiger partial charge is 0.312 e. The quantitative estimate of drug-likeness (QED) is 0.829. The van der Waals surface area contributed by atoms with E-state index in [1.54, 1.807) is 0 Å². The first-order valence-electron chi connectivity index (χ1n) is 6.64. The van der Waals surface area contributed by atoms with Crippen LogP contribution >= 0.6 is 23.5 Å². The van der Waals surface area contributed by atoms with Gasteiger partial charge in [-0.3, -0.25) is 0 Å². The van der Waals surface area contributed by atoms with E-state index in [0.717, 1.165) is 11.3 Å². The molecule has 0 spiro atoms. The van der Waals surface area contributed by atoms with E-state index >= 15 is 0 Å². The highest BCUT2D eigenvalue weighted by Gasteiger charge is 2.31. The minimum Gasteiger partial charge on any atom is -0.312 e. The van der Waals surface area contributed by atoms with Crippen LogP contribution in [0.4, 0.5) is 0 Å². The van der Waals surface area contributed by atoms with Crippen molar-refractivity contribution in [2.45, 2.75) is 61.5 Å². The van der Waals surface area contributed by atoms with Gasteiger partial charge in [-0.25, -0.2) is 0 Å². The molecule has 94 valence electrons. The fourth-order valence-corrected chi connectivity index (χ4v) is 5.15. The summed E-state index contributed by atoms with van der Waals surface area (Å²) in [5.41, 5.74) is 0. The SMILES string of the molecule is CSC1CCCCC1NCC1(C)CCCS1. The summed E-state index contributed by atoms with van der Waals surface area (Å²) < 4.78 is 0.528. The predicted molar refractivity (Wildman–Crippen MR) is 77.7 cm³/mol. The molecular weight excluding hydrogens is 234 g/mol.